The number of carbonyl (C=O) groups excluding carboxylic acids is 2. The summed E-state index contributed by atoms with van der Waals surface area (Å²) in [6.45, 7) is 8.43. The van der Waals surface area contributed by atoms with Gasteiger partial charge in [0, 0.05) is 5.54 Å². The molecule has 1 atom stereocenters. The van der Waals surface area contributed by atoms with E-state index in [1.807, 2.05) is 6.92 Å². The zero-order valence-electron chi connectivity index (χ0n) is 11.4. The van der Waals surface area contributed by atoms with Gasteiger partial charge in [-0.25, -0.2) is 0 Å². The van der Waals surface area contributed by atoms with E-state index in [1.54, 1.807) is 4.90 Å². The summed E-state index contributed by atoms with van der Waals surface area (Å²) in [5, 5.41) is 2.79. The van der Waals surface area contributed by atoms with Gasteiger partial charge in [0.1, 0.15) is 12.6 Å². The first-order valence-corrected chi connectivity index (χ1v) is 6.59. The molecular formula is C13H24N2O2. The van der Waals surface area contributed by atoms with Gasteiger partial charge in [-0.2, -0.15) is 0 Å². The molecule has 98 valence electrons. The number of rotatable bonds is 5. The van der Waals surface area contributed by atoms with Gasteiger partial charge >= 0.3 is 0 Å². The van der Waals surface area contributed by atoms with Gasteiger partial charge in [-0.3, -0.25) is 9.59 Å². The summed E-state index contributed by atoms with van der Waals surface area (Å²) in [6, 6.07) is -0.321. The Bertz CT molecular complexity index is 298. The second-order valence-electron chi connectivity index (χ2n) is 5.04. The molecule has 0 aromatic carbocycles. The van der Waals surface area contributed by atoms with Crippen molar-refractivity contribution >= 4 is 11.8 Å². The maximum Gasteiger partial charge on any atom is 0.246 e. The van der Waals surface area contributed by atoms with Crippen molar-refractivity contribution in [3.05, 3.63) is 0 Å². The van der Waals surface area contributed by atoms with Gasteiger partial charge < -0.3 is 10.2 Å². The minimum atomic E-state index is -0.321. The molecule has 4 nitrogen and oxygen atoms in total. The first-order chi connectivity index (χ1) is 7.98. The third kappa shape index (κ3) is 2.79. The molecule has 1 heterocycles. The molecule has 0 aromatic heterocycles. The number of nitrogens with zero attached hydrogens (tertiary/aromatic N) is 1. The molecule has 0 aliphatic carbocycles. The Morgan fingerprint density at radius 3 is 2.35 bits per heavy atom. The Kier molecular flexibility index (Phi) is 4.54. The quantitative estimate of drug-likeness (QED) is 0.795. The van der Waals surface area contributed by atoms with Crippen molar-refractivity contribution in [1.82, 2.24) is 10.2 Å². The summed E-state index contributed by atoms with van der Waals surface area (Å²) in [5.41, 5.74) is -0.194. The third-order valence-electron chi connectivity index (χ3n) is 3.95. The highest BCUT2D eigenvalue weighted by Gasteiger charge is 2.40. The van der Waals surface area contributed by atoms with Gasteiger partial charge in [0.2, 0.25) is 11.8 Å². The van der Waals surface area contributed by atoms with Crippen LogP contribution in [0.2, 0.25) is 0 Å². The Balaban J connectivity index is 2.90. The average Bonchev–Trinajstić information content (AvgIpc) is 2.32. The van der Waals surface area contributed by atoms with Crippen LogP contribution in [0.25, 0.3) is 0 Å². The highest BCUT2D eigenvalue weighted by molar-refractivity contribution is 5.95. The monoisotopic (exact) mass is 240 g/mol. The normalized spacial score (nSPS) is 21.6. The lowest BCUT2D eigenvalue weighted by Crippen LogP contribution is -2.64. The summed E-state index contributed by atoms with van der Waals surface area (Å²) in [7, 11) is 0. The molecule has 0 aromatic rings. The average molecular weight is 240 g/mol. The number of amides is 2. The molecular weight excluding hydrogens is 216 g/mol. The molecule has 1 unspecified atom stereocenters. The minimum absolute atomic E-state index is 0.0313. The van der Waals surface area contributed by atoms with Gasteiger partial charge in [0.25, 0.3) is 0 Å². The van der Waals surface area contributed by atoms with Crippen molar-refractivity contribution in [2.45, 2.75) is 65.0 Å². The Labute approximate surface area is 104 Å². The summed E-state index contributed by atoms with van der Waals surface area (Å²) in [4.78, 5) is 25.8. The molecule has 1 rings (SSSR count). The van der Waals surface area contributed by atoms with Gasteiger partial charge in [-0.15, -0.1) is 0 Å². The maximum atomic E-state index is 12.3. The highest BCUT2D eigenvalue weighted by Crippen LogP contribution is 2.26. The molecule has 0 spiro atoms. The van der Waals surface area contributed by atoms with Crippen molar-refractivity contribution in [2.75, 3.05) is 6.54 Å². The van der Waals surface area contributed by atoms with Gasteiger partial charge in [0.15, 0.2) is 0 Å². The van der Waals surface area contributed by atoms with Crippen LogP contribution in [0.15, 0.2) is 0 Å². The van der Waals surface area contributed by atoms with E-state index in [-0.39, 0.29) is 29.9 Å². The number of hydrogen-bond donors (Lipinski definition) is 1. The molecule has 4 heteroatoms. The molecule has 1 saturated heterocycles. The zero-order valence-corrected chi connectivity index (χ0v) is 11.4. The lowest BCUT2D eigenvalue weighted by Gasteiger charge is -2.44. The molecule has 0 bridgehead atoms. The number of nitrogens with one attached hydrogen (secondary N) is 1. The standard InChI is InChI=1S/C13H24N2O2/c1-5-8-10-12(17)15(9-11(16)14-10)13(4,6-2)7-3/h10H,5-9H2,1-4H3,(H,14,16). The van der Waals surface area contributed by atoms with Crippen LogP contribution in [-0.4, -0.2) is 34.8 Å². The summed E-state index contributed by atoms with van der Waals surface area (Å²) >= 11 is 0. The molecule has 1 aliphatic heterocycles. The molecule has 0 radical (unpaired) electrons. The van der Waals surface area contributed by atoms with Crippen molar-refractivity contribution < 1.29 is 9.59 Å². The second kappa shape index (κ2) is 5.52. The minimum Gasteiger partial charge on any atom is -0.343 e. The summed E-state index contributed by atoms with van der Waals surface area (Å²) in [6.07, 6.45) is 3.38. The molecule has 1 N–H and O–H groups in total. The van der Waals surface area contributed by atoms with Gasteiger partial charge in [-0.05, 0) is 26.2 Å². The third-order valence-corrected chi connectivity index (χ3v) is 3.95. The molecule has 2 amide bonds. The van der Waals surface area contributed by atoms with Crippen LogP contribution in [0.4, 0.5) is 0 Å². The van der Waals surface area contributed by atoms with E-state index in [2.05, 4.69) is 26.1 Å². The lowest BCUT2D eigenvalue weighted by atomic mass is 9.90. The van der Waals surface area contributed by atoms with Crippen LogP contribution >= 0.6 is 0 Å². The lowest BCUT2D eigenvalue weighted by molar-refractivity contribution is -0.150. The molecule has 1 fully saturated rings. The van der Waals surface area contributed by atoms with Crippen molar-refractivity contribution in [3.63, 3.8) is 0 Å². The highest BCUT2D eigenvalue weighted by atomic mass is 16.2. The first kappa shape index (κ1) is 14.0. The van der Waals surface area contributed by atoms with Crippen molar-refractivity contribution in [2.24, 2.45) is 0 Å². The topological polar surface area (TPSA) is 49.4 Å². The molecule has 1 aliphatic rings. The Morgan fingerprint density at radius 1 is 1.29 bits per heavy atom. The van der Waals surface area contributed by atoms with Gasteiger partial charge in [0.05, 0.1) is 0 Å². The van der Waals surface area contributed by atoms with Gasteiger partial charge in [-0.1, -0.05) is 27.2 Å². The zero-order chi connectivity index (χ0) is 13.1. The Hall–Kier alpha value is -1.06. The van der Waals surface area contributed by atoms with E-state index in [4.69, 9.17) is 0 Å². The van der Waals surface area contributed by atoms with Crippen LogP contribution in [0.5, 0.6) is 0 Å². The maximum absolute atomic E-state index is 12.3. The van der Waals surface area contributed by atoms with E-state index in [9.17, 15) is 9.59 Å². The van der Waals surface area contributed by atoms with Crippen LogP contribution in [-0.2, 0) is 9.59 Å². The largest absolute Gasteiger partial charge is 0.343 e. The van der Waals surface area contributed by atoms with Crippen molar-refractivity contribution in [3.8, 4) is 0 Å². The van der Waals surface area contributed by atoms with E-state index in [0.29, 0.717) is 0 Å². The summed E-state index contributed by atoms with van der Waals surface area (Å²) < 4.78 is 0. The van der Waals surface area contributed by atoms with E-state index < -0.39 is 0 Å². The Morgan fingerprint density at radius 2 is 1.88 bits per heavy atom. The van der Waals surface area contributed by atoms with E-state index in [1.165, 1.54) is 0 Å². The van der Waals surface area contributed by atoms with Crippen LogP contribution in [0.1, 0.15) is 53.4 Å². The predicted octanol–water partition coefficient (Wildman–Crippen LogP) is 1.69. The first-order valence-electron chi connectivity index (χ1n) is 6.59. The van der Waals surface area contributed by atoms with Crippen molar-refractivity contribution in [1.29, 1.82) is 0 Å². The number of hydrogen-bond acceptors (Lipinski definition) is 2. The fourth-order valence-corrected chi connectivity index (χ4v) is 2.28. The van der Waals surface area contributed by atoms with Crippen LogP contribution in [0, 0.1) is 0 Å². The summed E-state index contributed by atoms with van der Waals surface area (Å²) in [5.74, 6) is 0.0498. The fourth-order valence-electron chi connectivity index (χ4n) is 2.28. The number of piperazine rings is 1. The molecule has 17 heavy (non-hydrogen) atoms. The second-order valence-corrected chi connectivity index (χ2v) is 5.04. The van der Waals surface area contributed by atoms with E-state index >= 15 is 0 Å². The van der Waals surface area contributed by atoms with Crippen LogP contribution < -0.4 is 5.32 Å². The van der Waals surface area contributed by atoms with E-state index in [0.717, 1.165) is 25.7 Å². The smallest absolute Gasteiger partial charge is 0.246 e. The molecule has 0 saturated carbocycles. The predicted molar refractivity (Wildman–Crippen MR) is 67.5 cm³/mol. The van der Waals surface area contributed by atoms with Crippen LogP contribution in [0.3, 0.4) is 0 Å². The number of carbonyl (C=O) groups is 2. The SMILES string of the molecule is CCCC1NC(=O)CN(C(C)(CC)CC)C1=O. The fraction of sp³-hybridized carbons (Fsp3) is 0.846.